The van der Waals surface area contributed by atoms with Gasteiger partial charge in [-0.05, 0) is 27.7 Å². The van der Waals surface area contributed by atoms with Crippen molar-refractivity contribution in [1.82, 2.24) is 25.2 Å². The predicted molar refractivity (Wildman–Crippen MR) is 75.0 cm³/mol. The second-order valence-electron chi connectivity index (χ2n) is 5.92. The molecule has 1 aliphatic rings. The maximum Gasteiger partial charge on any atom is 0.0967 e. The van der Waals surface area contributed by atoms with Gasteiger partial charge in [0.2, 0.25) is 0 Å². The van der Waals surface area contributed by atoms with Crippen molar-refractivity contribution in [2.24, 2.45) is 0 Å². The fraction of sp³-hybridized carbons (Fsp3) is 0.833. The summed E-state index contributed by atoms with van der Waals surface area (Å²) in [4.78, 5) is 2.43. The lowest BCUT2D eigenvalue weighted by atomic mass is 10.1. The van der Waals surface area contributed by atoms with Crippen LogP contribution in [-0.2, 0) is 12.1 Å². The van der Waals surface area contributed by atoms with Gasteiger partial charge in [-0.25, -0.2) is 4.68 Å². The quantitative estimate of drug-likeness (QED) is 0.881. The molecular weight excluding hydrogens is 250 g/mol. The van der Waals surface area contributed by atoms with E-state index in [0.717, 1.165) is 31.9 Å². The first-order valence-corrected chi connectivity index (χ1v) is 6.32. The molecule has 0 unspecified atom stereocenters. The molecule has 104 valence electrons. The van der Waals surface area contributed by atoms with Crippen molar-refractivity contribution in [2.75, 3.05) is 19.6 Å². The molecule has 2 rings (SSSR count). The van der Waals surface area contributed by atoms with E-state index in [2.05, 4.69) is 54.4 Å². The number of rotatable bonds is 2. The van der Waals surface area contributed by atoms with Gasteiger partial charge in [0.05, 0.1) is 17.4 Å². The van der Waals surface area contributed by atoms with Gasteiger partial charge in [0.15, 0.2) is 0 Å². The molecule has 1 aliphatic heterocycles. The minimum Gasteiger partial charge on any atom is -0.312 e. The van der Waals surface area contributed by atoms with Crippen LogP contribution in [0.25, 0.3) is 0 Å². The molecule has 6 heteroatoms. The highest BCUT2D eigenvalue weighted by Crippen LogP contribution is 2.13. The predicted octanol–water partition coefficient (Wildman–Crippen LogP) is 1.25. The number of nitrogens with one attached hydrogen (secondary N) is 1. The maximum atomic E-state index is 4.25. The molecule has 0 amide bonds. The van der Waals surface area contributed by atoms with E-state index < -0.39 is 0 Å². The summed E-state index contributed by atoms with van der Waals surface area (Å²) in [5.41, 5.74) is 1.08. The van der Waals surface area contributed by atoms with E-state index in [1.807, 2.05) is 4.68 Å². The molecule has 1 atom stereocenters. The third-order valence-electron chi connectivity index (χ3n) is 3.07. The van der Waals surface area contributed by atoms with Gasteiger partial charge in [-0.15, -0.1) is 17.5 Å². The molecule has 1 saturated heterocycles. The van der Waals surface area contributed by atoms with E-state index in [4.69, 9.17) is 0 Å². The Balaban J connectivity index is 0.00000162. The van der Waals surface area contributed by atoms with Crippen molar-refractivity contribution in [3.63, 3.8) is 0 Å². The Morgan fingerprint density at radius 3 is 2.72 bits per heavy atom. The van der Waals surface area contributed by atoms with Crippen molar-refractivity contribution < 1.29 is 0 Å². The van der Waals surface area contributed by atoms with Crippen LogP contribution in [0.3, 0.4) is 0 Å². The molecule has 1 aromatic rings. The van der Waals surface area contributed by atoms with Crippen LogP contribution >= 0.6 is 12.4 Å². The van der Waals surface area contributed by atoms with Crippen LogP contribution in [0, 0.1) is 0 Å². The highest BCUT2D eigenvalue weighted by molar-refractivity contribution is 5.85. The van der Waals surface area contributed by atoms with Gasteiger partial charge in [0, 0.05) is 32.2 Å². The molecule has 2 heterocycles. The van der Waals surface area contributed by atoms with Crippen molar-refractivity contribution in [1.29, 1.82) is 0 Å². The van der Waals surface area contributed by atoms with E-state index in [-0.39, 0.29) is 17.9 Å². The maximum absolute atomic E-state index is 4.25. The SMILES string of the molecule is C[C@@H]1CN(Cc2cn(C(C)(C)C)nn2)CCN1.Cl. The van der Waals surface area contributed by atoms with Gasteiger partial charge >= 0.3 is 0 Å². The number of piperazine rings is 1. The third kappa shape index (κ3) is 3.93. The molecule has 18 heavy (non-hydrogen) atoms. The number of hydrogen-bond acceptors (Lipinski definition) is 4. The Labute approximate surface area is 115 Å². The van der Waals surface area contributed by atoms with Crippen LogP contribution in [0.1, 0.15) is 33.4 Å². The van der Waals surface area contributed by atoms with E-state index in [1.165, 1.54) is 0 Å². The summed E-state index contributed by atoms with van der Waals surface area (Å²) >= 11 is 0. The molecular formula is C12H24ClN5. The Kier molecular flexibility index (Phi) is 5.13. The Morgan fingerprint density at radius 2 is 2.17 bits per heavy atom. The second-order valence-corrected chi connectivity index (χ2v) is 5.92. The molecule has 0 bridgehead atoms. The number of halogens is 1. The van der Waals surface area contributed by atoms with Gasteiger partial charge in [0.25, 0.3) is 0 Å². The summed E-state index contributed by atoms with van der Waals surface area (Å²) in [5.74, 6) is 0. The summed E-state index contributed by atoms with van der Waals surface area (Å²) < 4.78 is 1.94. The van der Waals surface area contributed by atoms with Crippen molar-refractivity contribution in [3.8, 4) is 0 Å². The standard InChI is InChI=1S/C12H23N5.ClH/c1-10-7-16(6-5-13-10)8-11-9-17(15-14-11)12(2,3)4;/h9-10,13H,5-8H2,1-4H3;1H/t10-;/m1./s1. The van der Waals surface area contributed by atoms with Crippen molar-refractivity contribution >= 4 is 12.4 Å². The molecule has 5 nitrogen and oxygen atoms in total. The first kappa shape index (κ1) is 15.4. The van der Waals surface area contributed by atoms with Gasteiger partial charge < -0.3 is 5.32 Å². The average Bonchev–Trinajstić information content (AvgIpc) is 2.65. The lowest BCUT2D eigenvalue weighted by Crippen LogP contribution is -2.48. The van der Waals surface area contributed by atoms with Gasteiger partial charge in [-0.1, -0.05) is 5.21 Å². The lowest BCUT2D eigenvalue weighted by molar-refractivity contribution is 0.197. The second kappa shape index (κ2) is 5.99. The van der Waals surface area contributed by atoms with Crippen LogP contribution in [-0.4, -0.2) is 45.6 Å². The summed E-state index contributed by atoms with van der Waals surface area (Å²) in [6, 6.07) is 0.571. The highest BCUT2D eigenvalue weighted by atomic mass is 35.5. The monoisotopic (exact) mass is 273 g/mol. The van der Waals surface area contributed by atoms with Crippen molar-refractivity contribution in [2.45, 2.75) is 45.8 Å². The molecule has 0 radical (unpaired) electrons. The summed E-state index contributed by atoms with van der Waals surface area (Å²) in [5, 5.41) is 11.9. The zero-order valence-corrected chi connectivity index (χ0v) is 12.5. The lowest BCUT2D eigenvalue weighted by Gasteiger charge is -2.31. The molecule has 0 saturated carbocycles. The van der Waals surface area contributed by atoms with Gasteiger partial charge in [-0.2, -0.15) is 0 Å². The smallest absolute Gasteiger partial charge is 0.0967 e. The van der Waals surface area contributed by atoms with Crippen LogP contribution in [0.2, 0.25) is 0 Å². The van der Waals surface area contributed by atoms with Crippen LogP contribution in [0.15, 0.2) is 6.20 Å². The zero-order chi connectivity index (χ0) is 12.5. The van der Waals surface area contributed by atoms with E-state index in [1.54, 1.807) is 0 Å². The fourth-order valence-electron chi connectivity index (χ4n) is 2.08. The van der Waals surface area contributed by atoms with Crippen LogP contribution < -0.4 is 5.32 Å². The Hall–Kier alpha value is -0.650. The highest BCUT2D eigenvalue weighted by Gasteiger charge is 2.19. The van der Waals surface area contributed by atoms with Gasteiger partial charge in [-0.3, -0.25) is 4.90 Å². The molecule has 0 aliphatic carbocycles. The number of aromatic nitrogens is 3. The van der Waals surface area contributed by atoms with Crippen molar-refractivity contribution in [3.05, 3.63) is 11.9 Å². The summed E-state index contributed by atoms with van der Waals surface area (Å²) in [7, 11) is 0. The summed E-state index contributed by atoms with van der Waals surface area (Å²) in [6.07, 6.45) is 2.06. The molecule has 1 aromatic heterocycles. The van der Waals surface area contributed by atoms with Crippen LogP contribution in [0.5, 0.6) is 0 Å². The minimum absolute atomic E-state index is 0. The first-order valence-electron chi connectivity index (χ1n) is 6.32. The Morgan fingerprint density at radius 1 is 1.44 bits per heavy atom. The molecule has 0 aromatic carbocycles. The normalized spacial score (nSPS) is 21.7. The zero-order valence-electron chi connectivity index (χ0n) is 11.7. The largest absolute Gasteiger partial charge is 0.312 e. The third-order valence-corrected chi connectivity index (χ3v) is 3.07. The van der Waals surface area contributed by atoms with Gasteiger partial charge in [0.1, 0.15) is 0 Å². The molecule has 1 fully saturated rings. The molecule has 0 spiro atoms. The first-order chi connectivity index (χ1) is 7.95. The number of hydrogen-bond donors (Lipinski definition) is 1. The topological polar surface area (TPSA) is 46.0 Å². The average molecular weight is 274 g/mol. The summed E-state index contributed by atoms with van der Waals surface area (Å²) in [6.45, 7) is 12.8. The number of nitrogens with zero attached hydrogens (tertiary/aromatic N) is 4. The van der Waals surface area contributed by atoms with E-state index >= 15 is 0 Å². The molecule has 1 N–H and O–H groups in total. The van der Waals surface area contributed by atoms with E-state index in [9.17, 15) is 0 Å². The minimum atomic E-state index is 0. The van der Waals surface area contributed by atoms with Crippen LogP contribution in [0.4, 0.5) is 0 Å². The van der Waals surface area contributed by atoms with E-state index in [0.29, 0.717) is 6.04 Å². The fourth-order valence-corrected chi connectivity index (χ4v) is 2.08. The Bertz CT molecular complexity index is 371.